The van der Waals surface area contributed by atoms with Crippen molar-refractivity contribution in [1.82, 2.24) is 15.1 Å². The Morgan fingerprint density at radius 3 is 2.05 bits per heavy atom. The van der Waals surface area contributed by atoms with E-state index in [1.807, 2.05) is 0 Å². The number of piperazine rings is 1. The van der Waals surface area contributed by atoms with Gasteiger partial charge in [0.15, 0.2) is 0 Å². The lowest BCUT2D eigenvalue weighted by Crippen LogP contribution is -2.47. The molecule has 2 aliphatic heterocycles. The molecule has 1 aromatic carbocycles. The normalized spacial score (nSPS) is 18.9. The fraction of sp³-hybridized carbons (Fsp3) is 0.429. The van der Waals surface area contributed by atoms with Crippen molar-refractivity contribution in [2.24, 2.45) is 0 Å². The van der Waals surface area contributed by atoms with Gasteiger partial charge < -0.3 is 5.32 Å². The molecule has 0 radical (unpaired) electrons. The Balaban J connectivity index is 0.00000147. The summed E-state index contributed by atoms with van der Waals surface area (Å²) in [5.41, 5.74) is 1.07. The highest BCUT2D eigenvalue weighted by molar-refractivity contribution is 6.21. The molecule has 20 heavy (non-hydrogen) atoms. The van der Waals surface area contributed by atoms with Crippen LogP contribution in [-0.4, -0.2) is 60.9 Å². The molecule has 1 aromatic rings. The van der Waals surface area contributed by atoms with Gasteiger partial charge in [-0.05, 0) is 12.1 Å². The zero-order chi connectivity index (χ0) is 13.2. The molecule has 1 fully saturated rings. The second-order valence-electron chi connectivity index (χ2n) is 4.90. The van der Waals surface area contributed by atoms with Gasteiger partial charge >= 0.3 is 0 Å². The van der Waals surface area contributed by atoms with E-state index in [1.165, 1.54) is 4.90 Å². The van der Waals surface area contributed by atoms with Crippen LogP contribution in [0.4, 0.5) is 0 Å². The van der Waals surface area contributed by atoms with Crippen molar-refractivity contribution in [2.75, 3.05) is 39.3 Å². The molecule has 0 saturated carbocycles. The molecule has 108 valence electrons. The van der Waals surface area contributed by atoms with E-state index in [4.69, 9.17) is 0 Å². The lowest BCUT2D eigenvalue weighted by Gasteiger charge is -2.28. The Morgan fingerprint density at radius 1 is 0.950 bits per heavy atom. The van der Waals surface area contributed by atoms with Crippen LogP contribution in [0.25, 0.3) is 0 Å². The van der Waals surface area contributed by atoms with Gasteiger partial charge in [0, 0.05) is 39.3 Å². The van der Waals surface area contributed by atoms with Crippen molar-refractivity contribution in [1.29, 1.82) is 0 Å². The van der Waals surface area contributed by atoms with E-state index in [9.17, 15) is 9.59 Å². The predicted octanol–water partition coefficient (Wildman–Crippen LogP) is 0.610. The molecule has 2 heterocycles. The Hall–Kier alpha value is -1.43. The molecule has 0 aliphatic carbocycles. The number of carbonyl (C=O) groups excluding carboxylic acids is 2. The minimum atomic E-state index is -0.157. The number of nitrogens with zero attached hydrogens (tertiary/aromatic N) is 2. The van der Waals surface area contributed by atoms with E-state index in [0.29, 0.717) is 17.7 Å². The lowest BCUT2D eigenvalue weighted by atomic mass is 10.1. The van der Waals surface area contributed by atoms with Crippen LogP contribution in [0.2, 0.25) is 0 Å². The maximum atomic E-state index is 12.2. The summed E-state index contributed by atoms with van der Waals surface area (Å²) >= 11 is 0. The van der Waals surface area contributed by atoms with Crippen LogP contribution in [0, 0.1) is 0 Å². The number of benzene rings is 1. The first-order valence-corrected chi connectivity index (χ1v) is 6.65. The third kappa shape index (κ3) is 2.70. The average Bonchev–Trinajstić information content (AvgIpc) is 2.71. The smallest absolute Gasteiger partial charge is 0.261 e. The molecule has 5 nitrogen and oxygen atoms in total. The van der Waals surface area contributed by atoms with Gasteiger partial charge in [-0.25, -0.2) is 0 Å². The summed E-state index contributed by atoms with van der Waals surface area (Å²) in [6.07, 6.45) is 0. The van der Waals surface area contributed by atoms with E-state index in [-0.39, 0.29) is 24.2 Å². The molecule has 1 saturated heterocycles. The van der Waals surface area contributed by atoms with E-state index >= 15 is 0 Å². The van der Waals surface area contributed by atoms with Gasteiger partial charge in [0.1, 0.15) is 0 Å². The summed E-state index contributed by atoms with van der Waals surface area (Å²) in [5, 5.41) is 3.29. The fourth-order valence-electron chi connectivity index (χ4n) is 2.62. The monoisotopic (exact) mass is 295 g/mol. The zero-order valence-electron chi connectivity index (χ0n) is 11.2. The summed E-state index contributed by atoms with van der Waals surface area (Å²) in [4.78, 5) is 28.0. The highest BCUT2D eigenvalue weighted by Gasteiger charge is 2.34. The molecule has 0 unspecified atom stereocenters. The van der Waals surface area contributed by atoms with Crippen molar-refractivity contribution in [3.8, 4) is 0 Å². The zero-order valence-corrected chi connectivity index (χ0v) is 12.0. The SMILES string of the molecule is Cl.O=C1c2ccccc2C(=O)N1CCN1CCNCC1. The molecule has 0 aromatic heterocycles. The van der Waals surface area contributed by atoms with E-state index < -0.39 is 0 Å². The van der Waals surface area contributed by atoms with Crippen LogP contribution < -0.4 is 5.32 Å². The van der Waals surface area contributed by atoms with E-state index in [2.05, 4.69) is 10.2 Å². The van der Waals surface area contributed by atoms with E-state index in [1.54, 1.807) is 24.3 Å². The first kappa shape index (κ1) is 15.0. The molecule has 0 bridgehead atoms. The Kier molecular flexibility index (Phi) is 4.75. The molecule has 3 rings (SSSR count). The Morgan fingerprint density at radius 2 is 1.50 bits per heavy atom. The average molecular weight is 296 g/mol. The maximum Gasteiger partial charge on any atom is 0.261 e. The van der Waals surface area contributed by atoms with Crippen LogP contribution in [0.3, 0.4) is 0 Å². The highest BCUT2D eigenvalue weighted by atomic mass is 35.5. The minimum Gasteiger partial charge on any atom is -0.314 e. The number of hydrogen-bond acceptors (Lipinski definition) is 4. The third-order valence-electron chi connectivity index (χ3n) is 3.73. The van der Waals surface area contributed by atoms with Gasteiger partial charge in [0.05, 0.1) is 11.1 Å². The molecule has 1 N–H and O–H groups in total. The number of rotatable bonds is 3. The Bertz CT molecular complexity index is 480. The number of halogens is 1. The first-order chi connectivity index (χ1) is 9.27. The van der Waals surface area contributed by atoms with Crippen LogP contribution >= 0.6 is 12.4 Å². The van der Waals surface area contributed by atoms with Crippen molar-refractivity contribution < 1.29 is 9.59 Å². The standard InChI is InChI=1S/C14H17N3O2.ClH/c18-13-11-3-1-2-4-12(11)14(19)17(13)10-9-16-7-5-15-6-8-16;/h1-4,15H,5-10H2;1H. The number of carbonyl (C=O) groups is 2. The molecule has 0 spiro atoms. The van der Waals surface area contributed by atoms with Crippen LogP contribution in [-0.2, 0) is 0 Å². The van der Waals surface area contributed by atoms with Crippen LogP contribution in [0.15, 0.2) is 24.3 Å². The molecule has 6 heteroatoms. The van der Waals surface area contributed by atoms with Crippen molar-refractivity contribution >= 4 is 24.2 Å². The van der Waals surface area contributed by atoms with Gasteiger partial charge in [-0.3, -0.25) is 19.4 Å². The second kappa shape index (κ2) is 6.35. The van der Waals surface area contributed by atoms with Crippen LogP contribution in [0.1, 0.15) is 20.7 Å². The lowest BCUT2D eigenvalue weighted by molar-refractivity contribution is 0.0633. The quantitative estimate of drug-likeness (QED) is 0.830. The van der Waals surface area contributed by atoms with Gasteiger partial charge in [0.2, 0.25) is 0 Å². The summed E-state index contributed by atoms with van der Waals surface area (Å²) in [5.74, 6) is -0.313. The summed E-state index contributed by atoms with van der Waals surface area (Å²) in [6.45, 7) is 5.13. The highest BCUT2D eigenvalue weighted by Crippen LogP contribution is 2.21. The number of nitrogens with one attached hydrogen (secondary N) is 1. The minimum absolute atomic E-state index is 0. The van der Waals surface area contributed by atoms with Gasteiger partial charge in [-0.1, -0.05) is 12.1 Å². The van der Waals surface area contributed by atoms with Gasteiger partial charge in [-0.2, -0.15) is 0 Å². The molecule has 0 atom stereocenters. The predicted molar refractivity (Wildman–Crippen MR) is 78.4 cm³/mol. The molecular weight excluding hydrogens is 278 g/mol. The second-order valence-corrected chi connectivity index (χ2v) is 4.90. The van der Waals surface area contributed by atoms with Crippen molar-refractivity contribution in [3.05, 3.63) is 35.4 Å². The summed E-state index contributed by atoms with van der Waals surface area (Å²) < 4.78 is 0. The Labute approximate surface area is 124 Å². The topological polar surface area (TPSA) is 52.7 Å². The fourth-order valence-corrected chi connectivity index (χ4v) is 2.62. The summed E-state index contributed by atoms with van der Waals surface area (Å²) in [7, 11) is 0. The van der Waals surface area contributed by atoms with Crippen molar-refractivity contribution in [2.45, 2.75) is 0 Å². The van der Waals surface area contributed by atoms with Gasteiger partial charge in [-0.15, -0.1) is 12.4 Å². The number of amides is 2. The number of imide groups is 1. The van der Waals surface area contributed by atoms with Crippen molar-refractivity contribution in [3.63, 3.8) is 0 Å². The summed E-state index contributed by atoms with van der Waals surface area (Å²) in [6, 6.07) is 7.04. The molecular formula is C14H18ClN3O2. The maximum absolute atomic E-state index is 12.2. The molecule has 2 amide bonds. The largest absolute Gasteiger partial charge is 0.314 e. The number of hydrogen-bond donors (Lipinski definition) is 1. The van der Waals surface area contributed by atoms with Crippen LogP contribution in [0.5, 0.6) is 0 Å². The third-order valence-corrected chi connectivity index (χ3v) is 3.73. The van der Waals surface area contributed by atoms with Gasteiger partial charge in [0.25, 0.3) is 11.8 Å². The first-order valence-electron chi connectivity index (χ1n) is 6.65. The molecule has 2 aliphatic rings. The van der Waals surface area contributed by atoms with E-state index in [0.717, 1.165) is 32.7 Å². The number of fused-ring (bicyclic) bond motifs is 1.